The van der Waals surface area contributed by atoms with Crippen LogP contribution in [0.4, 0.5) is 5.69 Å². The van der Waals surface area contributed by atoms with Crippen LogP contribution in [0.25, 0.3) is 16.7 Å². The van der Waals surface area contributed by atoms with E-state index in [-0.39, 0.29) is 22.8 Å². The summed E-state index contributed by atoms with van der Waals surface area (Å²) in [6, 6.07) is 15.1. The second-order valence-electron chi connectivity index (χ2n) is 6.63. The van der Waals surface area contributed by atoms with Crippen molar-refractivity contribution in [3.8, 4) is 17.2 Å². The van der Waals surface area contributed by atoms with Crippen LogP contribution in [0.15, 0.2) is 70.3 Å². The summed E-state index contributed by atoms with van der Waals surface area (Å²) in [6.45, 7) is 0. The molecule has 2 aromatic heterocycles. The predicted molar refractivity (Wildman–Crippen MR) is 117 cm³/mol. The lowest BCUT2D eigenvalue weighted by molar-refractivity contribution is -0.384. The van der Waals surface area contributed by atoms with E-state index in [2.05, 4.69) is 10.5 Å². The molecule has 0 atom stereocenters. The summed E-state index contributed by atoms with van der Waals surface area (Å²) in [5.41, 5.74) is 4.10. The van der Waals surface area contributed by atoms with Gasteiger partial charge in [-0.1, -0.05) is 0 Å². The number of benzene rings is 2. The van der Waals surface area contributed by atoms with Crippen molar-refractivity contribution in [2.24, 2.45) is 5.10 Å². The number of carbonyl (C=O) groups excluding carboxylic acids is 1. The number of ether oxygens (including phenoxy) is 2. The van der Waals surface area contributed by atoms with Crippen LogP contribution in [0.1, 0.15) is 16.2 Å². The topological polar surface area (TPSA) is 121 Å². The first kappa shape index (κ1) is 20.7. The Kier molecular flexibility index (Phi) is 5.58. The lowest BCUT2D eigenvalue weighted by Gasteiger charge is -2.07. The first-order valence-corrected chi connectivity index (χ1v) is 9.41. The quantitative estimate of drug-likeness (QED) is 0.267. The third-order valence-electron chi connectivity index (χ3n) is 4.72. The molecule has 0 aliphatic rings. The molecule has 0 bridgehead atoms. The fourth-order valence-corrected chi connectivity index (χ4v) is 3.16. The van der Waals surface area contributed by atoms with Crippen molar-refractivity contribution in [3.05, 3.63) is 82.4 Å². The molecule has 0 unspecified atom stereocenters. The number of nitro benzene ring substituents is 1. The molecular formula is C22H18N4O6. The van der Waals surface area contributed by atoms with Crippen LogP contribution in [-0.2, 0) is 0 Å². The van der Waals surface area contributed by atoms with Crippen LogP contribution < -0.4 is 14.9 Å². The van der Waals surface area contributed by atoms with Gasteiger partial charge in [-0.2, -0.15) is 5.10 Å². The van der Waals surface area contributed by atoms with E-state index in [9.17, 15) is 14.9 Å². The zero-order valence-electron chi connectivity index (χ0n) is 17.1. The molecule has 1 N–H and O–H groups in total. The molecule has 2 aromatic carbocycles. The van der Waals surface area contributed by atoms with Crippen molar-refractivity contribution in [3.63, 3.8) is 0 Å². The number of nitrogens with zero attached hydrogens (tertiary/aromatic N) is 3. The molecule has 0 spiro atoms. The number of nitrogens with one attached hydrogen (secondary N) is 1. The van der Waals surface area contributed by atoms with Gasteiger partial charge in [-0.25, -0.2) is 5.43 Å². The van der Waals surface area contributed by atoms with Crippen LogP contribution in [0.2, 0.25) is 0 Å². The zero-order valence-corrected chi connectivity index (χ0v) is 17.1. The van der Waals surface area contributed by atoms with E-state index in [4.69, 9.17) is 13.9 Å². The number of nitro groups is 1. The number of hydrazone groups is 1. The molecule has 0 fully saturated rings. The predicted octanol–water partition coefficient (Wildman–Crippen LogP) is 3.91. The molecule has 4 aromatic rings. The normalized spacial score (nSPS) is 11.1. The van der Waals surface area contributed by atoms with E-state index in [1.54, 1.807) is 7.11 Å². The van der Waals surface area contributed by atoms with Crippen LogP contribution in [0.5, 0.6) is 11.5 Å². The maximum atomic E-state index is 12.5. The Morgan fingerprint density at radius 1 is 1.16 bits per heavy atom. The summed E-state index contributed by atoms with van der Waals surface area (Å²) in [4.78, 5) is 23.0. The maximum absolute atomic E-state index is 12.5. The van der Waals surface area contributed by atoms with Crippen molar-refractivity contribution in [2.45, 2.75) is 0 Å². The Balaban J connectivity index is 1.52. The molecule has 0 saturated carbocycles. The van der Waals surface area contributed by atoms with Gasteiger partial charge in [0.15, 0.2) is 17.1 Å². The van der Waals surface area contributed by atoms with Gasteiger partial charge in [-0.3, -0.25) is 14.9 Å². The van der Waals surface area contributed by atoms with E-state index >= 15 is 0 Å². The number of aromatic nitrogens is 1. The van der Waals surface area contributed by atoms with E-state index in [0.717, 1.165) is 17.1 Å². The SMILES string of the molecule is COc1ccc(-n2cccc2/C=N\NC(=O)c2cc3cc([N+](=O)[O-])cc(OC)c3o2)cc1. The highest BCUT2D eigenvalue weighted by molar-refractivity contribution is 5.98. The largest absolute Gasteiger partial charge is 0.497 e. The van der Waals surface area contributed by atoms with Crippen molar-refractivity contribution < 1.29 is 23.6 Å². The third-order valence-corrected chi connectivity index (χ3v) is 4.72. The Labute approximate surface area is 181 Å². The van der Waals surface area contributed by atoms with Crippen molar-refractivity contribution >= 4 is 28.8 Å². The first-order valence-electron chi connectivity index (χ1n) is 9.41. The van der Waals surface area contributed by atoms with E-state index in [1.807, 2.05) is 47.2 Å². The summed E-state index contributed by atoms with van der Waals surface area (Å²) >= 11 is 0. The molecule has 10 nitrogen and oxygen atoms in total. The van der Waals surface area contributed by atoms with Gasteiger partial charge in [-0.05, 0) is 42.5 Å². The molecule has 0 aliphatic carbocycles. The van der Waals surface area contributed by atoms with Gasteiger partial charge < -0.3 is 18.5 Å². The van der Waals surface area contributed by atoms with Gasteiger partial charge >= 0.3 is 5.91 Å². The van der Waals surface area contributed by atoms with E-state index in [0.29, 0.717) is 5.39 Å². The van der Waals surface area contributed by atoms with Gasteiger partial charge in [0.25, 0.3) is 5.69 Å². The molecule has 0 saturated heterocycles. The van der Waals surface area contributed by atoms with Gasteiger partial charge in [0.1, 0.15) is 5.75 Å². The van der Waals surface area contributed by atoms with Gasteiger partial charge in [0.2, 0.25) is 0 Å². The molecule has 32 heavy (non-hydrogen) atoms. The lowest BCUT2D eigenvalue weighted by atomic mass is 10.2. The number of methoxy groups -OCH3 is 2. The average molecular weight is 434 g/mol. The fraction of sp³-hybridized carbons (Fsp3) is 0.0909. The summed E-state index contributed by atoms with van der Waals surface area (Å²) in [7, 11) is 2.97. The molecule has 0 aliphatic heterocycles. The minimum absolute atomic E-state index is 0.0542. The monoisotopic (exact) mass is 434 g/mol. The summed E-state index contributed by atoms with van der Waals surface area (Å²) < 4.78 is 17.7. The fourth-order valence-electron chi connectivity index (χ4n) is 3.16. The summed E-state index contributed by atoms with van der Waals surface area (Å²) in [6.07, 6.45) is 3.36. The van der Waals surface area contributed by atoms with Crippen molar-refractivity contribution in [1.82, 2.24) is 9.99 Å². The molecular weight excluding hydrogens is 416 g/mol. The summed E-state index contributed by atoms with van der Waals surface area (Å²) in [5, 5.41) is 15.5. The molecule has 10 heteroatoms. The highest BCUT2D eigenvalue weighted by Gasteiger charge is 2.19. The highest BCUT2D eigenvalue weighted by atomic mass is 16.6. The zero-order chi connectivity index (χ0) is 22.7. The van der Waals surface area contributed by atoms with Gasteiger partial charge in [0.05, 0.1) is 37.1 Å². The second kappa shape index (κ2) is 8.64. The van der Waals surface area contributed by atoms with E-state index in [1.165, 1.54) is 31.5 Å². The molecule has 162 valence electrons. The van der Waals surface area contributed by atoms with Crippen LogP contribution in [0, 0.1) is 10.1 Å². The maximum Gasteiger partial charge on any atom is 0.307 e. The number of rotatable bonds is 7. The van der Waals surface area contributed by atoms with E-state index < -0.39 is 10.8 Å². The number of non-ortho nitro benzene ring substituents is 1. The molecule has 1 amide bonds. The third kappa shape index (κ3) is 4.01. The average Bonchev–Trinajstić information content (AvgIpc) is 3.45. The lowest BCUT2D eigenvalue weighted by Crippen LogP contribution is -2.17. The van der Waals surface area contributed by atoms with Crippen LogP contribution in [-0.4, -0.2) is 35.8 Å². The number of furan rings is 1. The number of carbonyl (C=O) groups is 1. The Hall–Kier alpha value is -4.60. The number of amides is 1. The molecule has 0 radical (unpaired) electrons. The van der Waals surface area contributed by atoms with Crippen molar-refractivity contribution in [1.29, 1.82) is 0 Å². The van der Waals surface area contributed by atoms with Gasteiger partial charge in [0, 0.05) is 23.3 Å². The smallest absolute Gasteiger partial charge is 0.307 e. The minimum atomic E-state index is -0.607. The summed E-state index contributed by atoms with van der Waals surface area (Å²) in [5.74, 6) is 0.247. The first-order chi connectivity index (χ1) is 15.5. The van der Waals surface area contributed by atoms with Crippen LogP contribution in [0.3, 0.4) is 0 Å². The number of hydrogen-bond donors (Lipinski definition) is 1. The Morgan fingerprint density at radius 2 is 1.94 bits per heavy atom. The van der Waals surface area contributed by atoms with Gasteiger partial charge in [-0.15, -0.1) is 0 Å². The second-order valence-corrected chi connectivity index (χ2v) is 6.63. The molecule has 2 heterocycles. The van der Waals surface area contributed by atoms with Crippen LogP contribution >= 0.6 is 0 Å². The standard InChI is InChI=1S/C22H18N4O6/c1-30-18-7-5-15(6-8-18)25-9-3-4-16(25)13-23-24-22(27)20-11-14-10-17(26(28)29)12-19(31-2)21(14)32-20/h3-13H,1-2H3,(H,24,27)/b23-13-. The van der Waals surface area contributed by atoms with Crippen molar-refractivity contribution in [2.75, 3.05) is 14.2 Å². The Bertz CT molecular complexity index is 1320. The number of hydrogen-bond acceptors (Lipinski definition) is 7. The Morgan fingerprint density at radius 3 is 2.62 bits per heavy atom. The minimum Gasteiger partial charge on any atom is -0.497 e. The number of fused-ring (bicyclic) bond motifs is 1. The highest BCUT2D eigenvalue weighted by Crippen LogP contribution is 2.33. The molecule has 4 rings (SSSR count).